The molecule has 1 saturated heterocycles. The van der Waals surface area contributed by atoms with Gasteiger partial charge in [0.05, 0.1) is 11.9 Å². The van der Waals surface area contributed by atoms with Crippen LogP contribution in [0.15, 0.2) is 30.5 Å². The van der Waals surface area contributed by atoms with E-state index in [0.717, 1.165) is 19.4 Å². The fourth-order valence-electron chi connectivity index (χ4n) is 2.62. The Morgan fingerprint density at radius 2 is 2.09 bits per heavy atom. The van der Waals surface area contributed by atoms with Crippen LogP contribution in [0.1, 0.15) is 23.3 Å². The number of halogens is 2. The molecule has 1 amide bonds. The number of carbonyl (C=O) groups excluding carboxylic acids is 1. The van der Waals surface area contributed by atoms with E-state index in [1.165, 1.54) is 23.1 Å². The largest absolute Gasteiger partial charge is 0.336 e. The van der Waals surface area contributed by atoms with Crippen LogP contribution in [0.25, 0.3) is 5.69 Å². The smallest absolute Gasteiger partial charge is 0.276 e. The number of benzene rings is 1. The second kappa shape index (κ2) is 7.52. The summed E-state index contributed by atoms with van der Waals surface area (Å²) >= 11 is 0. The second-order valence-electron chi connectivity index (χ2n) is 5.37. The summed E-state index contributed by atoms with van der Waals surface area (Å²) in [6.45, 7) is 1.42. The van der Waals surface area contributed by atoms with Crippen LogP contribution in [0.2, 0.25) is 0 Å². The number of likely N-dealkylation sites (N-methyl/N-ethyl adjacent to an activating group) is 1. The minimum absolute atomic E-state index is 0. The van der Waals surface area contributed by atoms with Crippen molar-refractivity contribution in [1.29, 1.82) is 0 Å². The second-order valence-corrected chi connectivity index (χ2v) is 5.37. The van der Waals surface area contributed by atoms with Gasteiger partial charge in [-0.1, -0.05) is 0 Å². The molecule has 1 N–H and O–H groups in total. The lowest BCUT2D eigenvalue weighted by molar-refractivity contribution is 0.0691. The van der Waals surface area contributed by atoms with E-state index in [9.17, 15) is 9.18 Å². The van der Waals surface area contributed by atoms with Crippen molar-refractivity contribution in [2.24, 2.45) is 0 Å². The molecule has 1 atom stereocenters. The molecule has 1 aliphatic rings. The van der Waals surface area contributed by atoms with Crippen molar-refractivity contribution in [2.75, 3.05) is 20.1 Å². The predicted octanol–water partition coefficient (Wildman–Crippen LogP) is 1.65. The summed E-state index contributed by atoms with van der Waals surface area (Å²) < 4.78 is 12.9. The minimum atomic E-state index is -0.321. The molecule has 6 nitrogen and oxygen atoms in total. The summed E-state index contributed by atoms with van der Waals surface area (Å²) in [7, 11) is 1.91. The Balaban J connectivity index is 0.00000192. The van der Waals surface area contributed by atoms with E-state index in [4.69, 9.17) is 0 Å². The molecule has 124 valence electrons. The summed E-state index contributed by atoms with van der Waals surface area (Å²) in [5.74, 6) is -0.438. The molecule has 0 aliphatic carbocycles. The first-order valence-electron chi connectivity index (χ1n) is 7.32. The normalized spacial score (nSPS) is 17.7. The molecule has 23 heavy (non-hydrogen) atoms. The van der Waals surface area contributed by atoms with E-state index in [2.05, 4.69) is 15.5 Å². The molecule has 0 saturated carbocycles. The van der Waals surface area contributed by atoms with Crippen LogP contribution in [-0.4, -0.2) is 52.0 Å². The van der Waals surface area contributed by atoms with Crippen LogP contribution < -0.4 is 5.32 Å². The van der Waals surface area contributed by atoms with E-state index >= 15 is 0 Å². The highest BCUT2D eigenvalue weighted by atomic mass is 35.5. The zero-order valence-corrected chi connectivity index (χ0v) is 13.6. The number of piperidine rings is 1. The number of amides is 1. The predicted molar refractivity (Wildman–Crippen MR) is 86.6 cm³/mol. The van der Waals surface area contributed by atoms with Gasteiger partial charge in [0.1, 0.15) is 5.82 Å². The van der Waals surface area contributed by atoms with Crippen LogP contribution in [0, 0.1) is 5.82 Å². The van der Waals surface area contributed by atoms with E-state index in [-0.39, 0.29) is 24.1 Å². The van der Waals surface area contributed by atoms with Gasteiger partial charge in [0.15, 0.2) is 5.69 Å². The van der Waals surface area contributed by atoms with Crippen molar-refractivity contribution in [3.63, 3.8) is 0 Å². The Morgan fingerprint density at radius 1 is 1.35 bits per heavy atom. The number of nitrogens with zero attached hydrogens (tertiary/aromatic N) is 4. The summed E-state index contributed by atoms with van der Waals surface area (Å²) in [6.07, 6.45) is 3.50. The van der Waals surface area contributed by atoms with Gasteiger partial charge >= 0.3 is 0 Å². The van der Waals surface area contributed by atoms with Crippen LogP contribution >= 0.6 is 12.4 Å². The van der Waals surface area contributed by atoms with Crippen molar-refractivity contribution in [2.45, 2.75) is 18.9 Å². The number of likely N-dealkylation sites (tertiary alicyclic amines) is 1. The molecule has 0 spiro atoms. The van der Waals surface area contributed by atoms with Crippen molar-refractivity contribution in [3.05, 3.63) is 42.0 Å². The van der Waals surface area contributed by atoms with Gasteiger partial charge in [0.2, 0.25) is 0 Å². The Hall–Kier alpha value is -1.99. The summed E-state index contributed by atoms with van der Waals surface area (Å²) in [6, 6.07) is 6.14. The third kappa shape index (κ3) is 3.86. The maximum Gasteiger partial charge on any atom is 0.276 e. The molecule has 1 aliphatic heterocycles. The van der Waals surface area contributed by atoms with Crippen LogP contribution in [-0.2, 0) is 0 Å². The number of hydrogen-bond acceptors (Lipinski definition) is 4. The molecular weight excluding hydrogens is 321 g/mol. The van der Waals surface area contributed by atoms with Gasteiger partial charge in [-0.15, -0.1) is 17.5 Å². The summed E-state index contributed by atoms with van der Waals surface area (Å²) in [5, 5.41) is 11.5. The Morgan fingerprint density at radius 3 is 2.78 bits per heavy atom. The van der Waals surface area contributed by atoms with E-state index < -0.39 is 0 Å². The van der Waals surface area contributed by atoms with Gasteiger partial charge in [0.25, 0.3) is 5.91 Å². The fourth-order valence-corrected chi connectivity index (χ4v) is 2.62. The molecular formula is C15H19ClFN5O. The number of aromatic nitrogens is 3. The zero-order valence-electron chi connectivity index (χ0n) is 12.8. The molecule has 8 heteroatoms. The Kier molecular flexibility index (Phi) is 5.68. The molecule has 1 aromatic carbocycles. The third-order valence-electron chi connectivity index (χ3n) is 3.89. The quantitative estimate of drug-likeness (QED) is 0.923. The van der Waals surface area contributed by atoms with Crippen LogP contribution in [0.4, 0.5) is 4.39 Å². The molecule has 2 heterocycles. The highest BCUT2D eigenvalue weighted by molar-refractivity contribution is 5.92. The monoisotopic (exact) mass is 339 g/mol. The standard InChI is InChI=1S/C15H18FN5O.ClH/c1-17-12-3-2-8-20(10-12)15(22)14-9-18-21(19-14)13-6-4-11(16)5-7-13;/h4-7,9,12,17H,2-3,8,10H2,1H3;1H. The average molecular weight is 340 g/mol. The van der Waals surface area contributed by atoms with Gasteiger partial charge in [-0.3, -0.25) is 4.79 Å². The third-order valence-corrected chi connectivity index (χ3v) is 3.89. The Labute approximate surface area is 140 Å². The van der Waals surface area contributed by atoms with Gasteiger partial charge < -0.3 is 10.2 Å². The van der Waals surface area contributed by atoms with Gasteiger partial charge in [-0.25, -0.2) is 4.39 Å². The van der Waals surface area contributed by atoms with Crippen molar-refractivity contribution in [3.8, 4) is 5.69 Å². The fraction of sp³-hybridized carbons (Fsp3) is 0.400. The first kappa shape index (κ1) is 17.4. The average Bonchev–Trinajstić information content (AvgIpc) is 3.05. The van der Waals surface area contributed by atoms with E-state index in [0.29, 0.717) is 24.0 Å². The summed E-state index contributed by atoms with van der Waals surface area (Å²) in [5.41, 5.74) is 0.924. The number of hydrogen-bond donors (Lipinski definition) is 1. The molecule has 1 fully saturated rings. The maximum atomic E-state index is 12.9. The molecule has 1 aromatic heterocycles. The number of rotatable bonds is 3. The Bertz CT molecular complexity index is 660. The molecule has 2 aromatic rings. The lowest BCUT2D eigenvalue weighted by Crippen LogP contribution is -2.47. The topological polar surface area (TPSA) is 63.1 Å². The SMILES string of the molecule is CNC1CCCN(C(=O)c2cnn(-c3ccc(F)cc3)n2)C1.Cl. The zero-order chi connectivity index (χ0) is 15.5. The van der Waals surface area contributed by atoms with Crippen LogP contribution in [0.5, 0.6) is 0 Å². The molecule has 3 rings (SSSR count). The van der Waals surface area contributed by atoms with E-state index in [1.54, 1.807) is 17.0 Å². The highest BCUT2D eigenvalue weighted by Gasteiger charge is 2.25. The lowest BCUT2D eigenvalue weighted by Gasteiger charge is -2.31. The molecule has 1 unspecified atom stereocenters. The number of carbonyl (C=O) groups is 1. The number of nitrogens with one attached hydrogen (secondary N) is 1. The molecule has 0 bridgehead atoms. The first-order chi connectivity index (χ1) is 10.7. The van der Waals surface area contributed by atoms with Gasteiger partial charge in [0, 0.05) is 19.1 Å². The first-order valence-corrected chi connectivity index (χ1v) is 7.32. The van der Waals surface area contributed by atoms with Crippen molar-refractivity contribution in [1.82, 2.24) is 25.2 Å². The minimum Gasteiger partial charge on any atom is -0.336 e. The van der Waals surface area contributed by atoms with Crippen molar-refractivity contribution < 1.29 is 9.18 Å². The highest BCUT2D eigenvalue weighted by Crippen LogP contribution is 2.13. The van der Waals surface area contributed by atoms with E-state index in [1.807, 2.05) is 7.05 Å². The van der Waals surface area contributed by atoms with Gasteiger partial charge in [-0.2, -0.15) is 9.90 Å². The van der Waals surface area contributed by atoms with Crippen LogP contribution in [0.3, 0.4) is 0 Å². The maximum absolute atomic E-state index is 12.9. The summed E-state index contributed by atoms with van der Waals surface area (Å²) in [4.78, 5) is 15.6. The van der Waals surface area contributed by atoms with Gasteiger partial charge in [-0.05, 0) is 44.2 Å². The lowest BCUT2D eigenvalue weighted by atomic mass is 10.1. The molecule has 0 radical (unpaired) electrons. The van der Waals surface area contributed by atoms with Crippen molar-refractivity contribution >= 4 is 18.3 Å².